The van der Waals surface area contributed by atoms with Gasteiger partial charge in [0.25, 0.3) is 0 Å². The third-order valence-electron chi connectivity index (χ3n) is 4.01. The average molecular weight is 314 g/mol. The molecule has 0 spiro atoms. The number of nitrogen functional groups attached to an aromatic ring is 1. The Balaban J connectivity index is 2.19. The van der Waals surface area contributed by atoms with Crippen LogP contribution in [-0.4, -0.2) is 14.5 Å². The van der Waals surface area contributed by atoms with E-state index in [2.05, 4.69) is 4.72 Å². The minimum Gasteiger partial charge on any atom is -0.396 e. The van der Waals surface area contributed by atoms with E-state index in [1.165, 1.54) is 18.6 Å². The van der Waals surface area contributed by atoms with Gasteiger partial charge in [-0.3, -0.25) is 0 Å². The van der Waals surface area contributed by atoms with E-state index >= 15 is 0 Å². The van der Waals surface area contributed by atoms with Crippen LogP contribution in [0.5, 0.6) is 0 Å². The summed E-state index contributed by atoms with van der Waals surface area (Å²) in [6.07, 6.45) is 7.33. The van der Waals surface area contributed by atoms with E-state index in [4.69, 9.17) is 5.73 Å². The molecule has 4 nitrogen and oxygen atoms in total. The third kappa shape index (κ3) is 4.17. The fourth-order valence-corrected chi connectivity index (χ4v) is 4.38. The van der Waals surface area contributed by atoms with Crippen molar-refractivity contribution in [3.63, 3.8) is 0 Å². The number of sulfonamides is 1. The molecule has 0 atom stereocenters. The molecular formula is C15H23FN2O2S. The Bertz CT molecular complexity index is 594. The van der Waals surface area contributed by atoms with Crippen LogP contribution in [0.15, 0.2) is 17.0 Å². The first-order valence-corrected chi connectivity index (χ1v) is 8.96. The second-order valence-corrected chi connectivity index (χ2v) is 7.48. The molecule has 3 N–H and O–H groups in total. The van der Waals surface area contributed by atoms with Crippen LogP contribution in [0.3, 0.4) is 0 Å². The summed E-state index contributed by atoms with van der Waals surface area (Å²) in [5, 5.41) is 0. The van der Waals surface area contributed by atoms with Crippen LogP contribution in [0.2, 0.25) is 0 Å². The average Bonchev–Trinajstić information content (AvgIpc) is 2.36. The molecule has 0 saturated heterocycles. The summed E-state index contributed by atoms with van der Waals surface area (Å²) in [6.45, 7) is 1.58. The molecule has 21 heavy (non-hydrogen) atoms. The minimum absolute atomic E-state index is 0.0408. The lowest BCUT2D eigenvalue weighted by molar-refractivity contribution is 0.426. The molecule has 0 bridgehead atoms. The van der Waals surface area contributed by atoms with E-state index in [1.807, 2.05) is 0 Å². The zero-order valence-corrected chi connectivity index (χ0v) is 13.2. The molecule has 0 unspecified atom stereocenters. The van der Waals surface area contributed by atoms with Gasteiger partial charge in [0.1, 0.15) is 5.82 Å². The van der Waals surface area contributed by atoms with Gasteiger partial charge in [0.2, 0.25) is 10.0 Å². The van der Waals surface area contributed by atoms with Gasteiger partial charge in [-0.1, -0.05) is 32.1 Å². The van der Waals surface area contributed by atoms with Crippen molar-refractivity contribution in [2.45, 2.75) is 62.8 Å². The van der Waals surface area contributed by atoms with E-state index in [0.29, 0.717) is 5.56 Å². The van der Waals surface area contributed by atoms with Gasteiger partial charge in [-0.25, -0.2) is 17.5 Å². The summed E-state index contributed by atoms with van der Waals surface area (Å²) in [5.41, 5.74) is 5.73. The van der Waals surface area contributed by atoms with E-state index in [9.17, 15) is 12.8 Å². The van der Waals surface area contributed by atoms with Crippen LogP contribution < -0.4 is 10.5 Å². The van der Waals surface area contributed by atoms with Gasteiger partial charge in [0.05, 0.1) is 10.6 Å². The molecule has 1 saturated carbocycles. The Morgan fingerprint density at radius 1 is 1.14 bits per heavy atom. The van der Waals surface area contributed by atoms with Crippen LogP contribution in [0.25, 0.3) is 0 Å². The largest absolute Gasteiger partial charge is 0.396 e. The maximum atomic E-state index is 13.4. The molecule has 0 amide bonds. The molecule has 1 fully saturated rings. The second kappa shape index (κ2) is 6.75. The third-order valence-corrected chi connectivity index (χ3v) is 5.67. The molecule has 1 aromatic carbocycles. The van der Waals surface area contributed by atoms with Gasteiger partial charge in [-0.2, -0.15) is 0 Å². The van der Waals surface area contributed by atoms with Crippen molar-refractivity contribution in [3.05, 3.63) is 23.5 Å². The monoisotopic (exact) mass is 314 g/mol. The first kappa shape index (κ1) is 16.2. The van der Waals surface area contributed by atoms with Gasteiger partial charge >= 0.3 is 0 Å². The second-order valence-electron chi connectivity index (χ2n) is 5.80. The molecule has 0 heterocycles. The number of hydrogen-bond acceptors (Lipinski definition) is 3. The maximum absolute atomic E-state index is 13.4. The van der Waals surface area contributed by atoms with Crippen LogP contribution in [-0.2, 0) is 10.0 Å². The SMILES string of the molecule is Cc1cc(F)c(N)cc1S(=O)(=O)NC1CCCCCCC1. The van der Waals surface area contributed by atoms with Gasteiger partial charge in [0.15, 0.2) is 0 Å². The Kier molecular flexibility index (Phi) is 5.22. The van der Waals surface area contributed by atoms with Crippen molar-refractivity contribution >= 4 is 15.7 Å². The summed E-state index contributed by atoms with van der Waals surface area (Å²) in [4.78, 5) is 0.0726. The zero-order chi connectivity index (χ0) is 15.5. The van der Waals surface area contributed by atoms with Crippen LogP contribution >= 0.6 is 0 Å². The summed E-state index contributed by atoms with van der Waals surface area (Å²) < 4.78 is 41.1. The number of anilines is 1. The normalized spacial score (nSPS) is 18.2. The van der Waals surface area contributed by atoms with Crippen LogP contribution in [0.4, 0.5) is 10.1 Å². The topological polar surface area (TPSA) is 72.2 Å². The Hall–Kier alpha value is -1.14. The highest BCUT2D eigenvalue weighted by Gasteiger charge is 2.23. The molecule has 6 heteroatoms. The van der Waals surface area contributed by atoms with E-state index in [0.717, 1.165) is 38.5 Å². The Morgan fingerprint density at radius 3 is 2.33 bits per heavy atom. The first-order chi connectivity index (χ1) is 9.90. The van der Waals surface area contributed by atoms with E-state index < -0.39 is 15.8 Å². The van der Waals surface area contributed by atoms with Gasteiger partial charge < -0.3 is 5.73 Å². The number of halogens is 1. The highest BCUT2D eigenvalue weighted by Crippen LogP contribution is 2.23. The van der Waals surface area contributed by atoms with Crippen molar-refractivity contribution in [2.75, 3.05) is 5.73 Å². The summed E-state index contributed by atoms with van der Waals surface area (Å²) >= 11 is 0. The smallest absolute Gasteiger partial charge is 0.241 e. The lowest BCUT2D eigenvalue weighted by atomic mass is 9.97. The minimum atomic E-state index is -3.65. The highest BCUT2D eigenvalue weighted by atomic mass is 32.2. The quantitative estimate of drug-likeness (QED) is 0.842. The number of hydrogen-bond donors (Lipinski definition) is 2. The van der Waals surface area contributed by atoms with Crippen LogP contribution in [0.1, 0.15) is 50.5 Å². The molecule has 1 aromatic rings. The summed E-state index contributed by atoms with van der Waals surface area (Å²) in [7, 11) is -3.65. The number of nitrogens with one attached hydrogen (secondary N) is 1. The number of aryl methyl sites for hydroxylation is 1. The molecule has 1 aliphatic carbocycles. The van der Waals surface area contributed by atoms with Gasteiger partial charge in [-0.15, -0.1) is 0 Å². The lowest BCUT2D eigenvalue weighted by Crippen LogP contribution is -2.35. The highest BCUT2D eigenvalue weighted by molar-refractivity contribution is 7.89. The van der Waals surface area contributed by atoms with Gasteiger partial charge in [0, 0.05) is 6.04 Å². The zero-order valence-electron chi connectivity index (χ0n) is 12.4. The molecule has 0 aliphatic heterocycles. The predicted molar refractivity (Wildman–Crippen MR) is 82.0 cm³/mol. The standard InChI is InChI=1S/C15H23FN2O2S/c1-11-9-13(16)14(17)10-15(11)21(19,20)18-12-7-5-3-2-4-6-8-12/h9-10,12,18H,2-8,17H2,1H3. The van der Waals surface area contributed by atoms with Crippen molar-refractivity contribution < 1.29 is 12.8 Å². The molecule has 1 aliphatic rings. The summed E-state index contributed by atoms with van der Waals surface area (Å²) in [5.74, 6) is -0.586. The number of nitrogens with two attached hydrogens (primary N) is 1. The van der Waals surface area contributed by atoms with Crippen molar-refractivity contribution in [1.82, 2.24) is 4.72 Å². The van der Waals surface area contributed by atoms with Gasteiger partial charge in [-0.05, 0) is 37.5 Å². The predicted octanol–water partition coefficient (Wildman–Crippen LogP) is 3.11. The fraction of sp³-hybridized carbons (Fsp3) is 0.600. The fourth-order valence-electron chi connectivity index (χ4n) is 2.81. The first-order valence-electron chi connectivity index (χ1n) is 7.48. The van der Waals surface area contributed by atoms with E-state index in [-0.39, 0.29) is 16.6 Å². The molecule has 0 aromatic heterocycles. The molecular weight excluding hydrogens is 291 g/mol. The van der Waals surface area contributed by atoms with Crippen molar-refractivity contribution in [1.29, 1.82) is 0 Å². The maximum Gasteiger partial charge on any atom is 0.241 e. The van der Waals surface area contributed by atoms with Crippen molar-refractivity contribution in [3.8, 4) is 0 Å². The lowest BCUT2D eigenvalue weighted by Gasteiger charge is -2.21. The molecule has 2 rings (SSSR count). The number of rotatable bonds is 3. The molecule has 118 valence electrons. The van der Waals surface area contributed by atoms with Crippen LogP contribution in [0, 0.1) is 12.7 Å². The summed E-state index contributed by atoms with van der Waals surface area (Å²) in [6, 6.07) is 2.33. The Morgan fingerprint density at radius 2 is 1.71 bits per heavy atom. The van der Waals surface area contributed by atoms with E-state index in [1.54, 1.807) is 6.92 Å². The number of benzene rings is 1. The Labute approximate surface area is 126 Å². The van der Waals surface area contributed by atoms with Crippen molar-refractivity contribution in [2.24, 2.45) is 0 Å². The molecule has 0 radical (unpaired) electrons.